The van der Waals surface area contributed by atoms with Gasteiger partial charge in [0.25, 0.3) is 0 Å². The average molecular weight is 553 g/mol. The number of phenols is 2. The Kier molecular flexibility index (Phi) is 8.04. The summed E-state index contributed by atoms with van der Waals surface area (Å²) in [6, 6.07) is 22.9. The topological polar surface area (TPSA) is 127 Å². The van der Waals surface area contributed by atoms with Gasteiger partial charge in [-0.15, -0.1) is 0 Å². The standard InChI is InChI=1S/C28H24O8S2/c29-21-11-15-23(16-12-21)37(31,32)27-9-3-1-7-25(27)35-19-5-6-20-36-26-8-2-4-10-28(26)38(33,34)24-17-13-22(30)14-18-24/h1-18,29-30H,19-20H2/b6-5+. The molecule has 196 valence electrons. The molecule has 0 unspecified atom stereocenters. The van der Waals surface area contributed by atoms with Gasteiger partial charge in [0.2, 0.25) is 19.7 Å². The molecule has 0 amide bonds. The van der Waals surface area contributed by atoms with Gasteiger partial charge in [-0.1, -0.05) is 24.3 Å². The van der Waals surface area contributed by atoms with Crippen LogP contribution in [0.25, 0.3) is 0 Å². The summed E-state index contributed by atoms with van der Waals surface area (Å²) in [5, 5.41) is 18.9. The minimum Gasteiger partial charge on any atom is -0.508 e. The number of para-hydroxylation sites is 2. The monoisotopic (exact) mass is 552 g/mol. The fourth-order valence-electron chi connectivity index (χ4n) is 3.50. The van der Waals surface area contributed by atoms with Crippen molar-refractivity contribution in [1.82, 2.24) is 0 Å². The van der Waals surface area contributed by atoms with Crippen molar-refractivity contribution in [2.75, 3.05) is 13.2 Å². The van der Waals surface area contributed by atoms with Gasteiger partial charge in [0, 0.05) is 0 Å². The van der Waals surface area contributed by atoms with Crippen molar-refractivity contribution in [3.8, 4) is 23.0 Å². The van der Waals surface area contributed by atoms with Crippen LogP contribution in [-0.4, -0.2) is 40.3 Å². The predicted molar refractivity (Wildman–Crippen MR) is 140 cm³/mol. The van der Waals surface area contributed by atoms with Gasteiger partial charge in [-0.05, 0) is 84.9 Å². The van der Waals surface area contributed by atoms with Crippen LogP contribution < -0.4 is 9.47 Å². The molecule has 38 heavy (non-hydrogen) atoms. The van der Waals surface area contributed by atoms with Crippen molar-refractivity contribution in [3.05, 3.63) is 109 Å². The third-order valence-electron chi connectivity index (χ3n) is 5.41. The van der Waals surface area contributed by atoms with Gasteiger partial charge in [0.1, 0.15) is 46.0 Å². The Balaban J connectivity index is 1.41. The zero-order valence-corrected chi connectivity index (χ0v) is 21.6. The van der Waals surface area contributed by atoms with E-state index >= 15 is 0 Å². The lowest BCUT2D eigenvalue weighted by Gasteiger charge is -2.12. The molecule has 0 saturated carbocycles. The number of sulfone groups is 2. The summed E-state index contributed by atoms with van der Waals surface area (Å²) in [6.07, 6.45) is 3.25. The van der Waals surface area contributed by atoms with Crippen molar-refractivity contribution in [1.29, 1.82) is 0 Å². The first-order valence-corrected chi connectivity index (χ1v) is 14.3. The second kappa shape index (κ2) is 11.4. The molecule has 4 aromatic rings. The molecule has 0 aromatic heterocycles. The zero-order valence-electron chi connectivity index (χ0n) is 20.0. The Bertz CT molecular complexity index is 1520. The molecule has 0 fully saturated rings. The largest absolute Gasteiger partial charge is 0.508 e. The van der Waals surface area contributed by atoms with Crippen LogP contribution in [0.1, 0.15) is 0 Å². The fraction of sp³-hybridized carbons (Fsp3) is 0.0714. The van der Waals surface area contributed by atoms with Gasteiger partial charge >= 0.3 is 0 Å². The first-order valence-electron chi connectivity index (χ1n) is 11.4. The van der Waals surface area contributed by atoms with Gasteiger partial charge in [0.15, 0.2) is 0 Å². The van der Waals surface area contributed by atoms with E-state index in [1.807, 2.05) is 0 Å². The lowest BCUT2D eigenvalue weighted by molar-refractivity contribution is 0.340. The highest BCUT2D eigenvalue weighted by Crippen LogP contribution is 2.31. The number of hydrogen-bond acceptors (Lipinski definition) is 8. The number of ether oxygens (including phenoxy) is 2. The first-order chi connectivity index (χ1) is 18.2. The first kappa shape index (κ1) is 26.8. The van der Waals surface area contributed by atoms with Crippen LogP contribution >= 0.6 is 0 Å². The van der Waals surface area contributed by atoms with Crippen molar-refractivity contribution in [3.63, 3.8) is 0 Å². The smallest absolute Gasteiger partial charge is 0.210 e. The summed E-state index contributed by atoms with van der Waals surface area (Å²) in [4.78, 5) is 0.0276. The second-order valence-electron chi connectivity index (χ2n) is 7.98. The number of rotatable bonds is 10. The summed E-state index contributed by atoms with van der Waals surface area (Å²) >= 11 is 0. The summed E-state index contributed by atoms with van der Waals surface area (Å²) in [6.45, 7) is 0.0812. The highest BCUT2D eigenvalue weighted by Gasteiger charge is 2.23. The maximum atomic E-state index is 13.0. The van der Waals surface area contributed by atoms with Gasteiger partial charge < -0.3 is 19.7 Å². The number of aromatic hydroxyl groups is 2. The SMILES string of the molecule is O=S(=O)(c1ccc(O)cc1)c1ccccc1OC/C=C/COc1ccccc1S(=O)(=O)c1ccc(O)cc1. The van der Waals surface area contributed by atoms with Crippen LogP contribution in [0.4, 0.5) is 0 Å². The van der Waals surface area contributed by atoms with E-state index in [2.05, 4.69) is 0 Å². The Hall–Kier alpha value is -4.28. The van der Waals surface area contributed by atoms with E-state index in [0.29, 0.717) is 0 Å². The minimum absolute atomic E-state index is 0.0105. The molecule has 4 aromatic carbocycles. The molecule has 0 bridgehead atoms. The van der Waals surface area contributed by atoms with E-state index in [1.165, 1.54) is 60.7 Å². The molecule has 0 heterocycles. The molecular weight excluding hydrogens is 528 g/mol. The molecule has 0 aliphatic rings. The van der Waals surface area contributed by atoms with Crippen LogP contribution in [0.3, 0.4) is 0 Å². The molecule has 0 spiro atoms. The Morgan fingerprint density at radius 3 is 1.24 bits per heavy atom. The van der Waals surface area contributed by atoms with E-state index in [0.717, 1.165) is 0 Å². The fourth-order valence-corrected chi connectivity index (χ4v) is 6.29. The van der Waals surface area contributed by atoms with Crippen molar-refractivity contribution in [2.24, 2.45) is 0 Å². The highest BCUT2D eigenvalue weighted by molar-refractivity contribution is 7.92. The van der Waals surface area contributed by atoms with Crippen LogP contribution in [0.2, 0.25) is 0 Å². The molecule has 0 atom stereocenters. The van der Waals surface area contributed by atoms with E-state index in [4.69, 9.17) is 9.47 Å². The van der Waals surface area contributed by atoms with E-state index in [-0.39, 0.29) is 55.8 Å². The third-order valence-corrected chi connectivity index (χ3v) is 9.03. The normalized spacial score (nSPS) is 11.9. The van der Waals surface area contributed by atoms with Gasteiger partial charge in [-0.3, -0.25) is 0 Å². The predicted octanol–water partition coefficient (Wildman–Crippen LogP) is 4.78. The van der Waals surface area contributed by atoms with Crippen LogP contribution in [-0.2, 0) is 19.7 Å². The van der Waals surface area contributed by atoms with Crippen LogP contribution in [0.15, 0.2) is 129 Å². The third kappa shape index (κ3) is 5.99. The lowest BCUT2D eigenvalue weighted by atomic mass is 10.3. The Labute approximate surface area is 220 Å². The van der Waals surface area contributed by atoms with Gasteiger partial charge in [-0.2, -0.15) is 0 Å². The molecule has 2 N–H and O–H groups in total. The molecular formula is C28H24O8S2. The number of hydrogen-bond donors (Lipinski definition) is 2. The van der Waals surface area contributed by atoms with E-state index in [1.54, 1.807) is 48.6 Å². The molecule has 10 heteroatoms. The van der Waals surface area contributed by atoms with Crippen molar-refractivity contribution in [2.45, 2.75) is 19.6 Å². The molecule has 4 rings (SSSR count). The quantitative estimate of drug-likeness (QED) is 0.269. The Morgan fingerprint density at radius 2 is 0.868 bits per heavy atom. The summed E-state index contributed by atoms with van der Waals surface area (Å²) in [5.74, 6) is 0.246. The molecule has 0 aliphatic carbocycles. The van der Waals surface area contributed by atoms with Crippen molar-refractivity contribution >= 4 is 19.7 Å². The second-order valence-corrected chi connectivity index (χ2v) is 11.8. The number of phenolic OH excluding ortho intramolecular Hbond substituents is 2. The molecule has 0 radical (unpaired) electrons. The van der Waals surface area contributed by atoms with E-state index < -0.39 is 19.7 Å². The maximum Gasteiger partial charge on any atom is 0.210 e. The Morgan fingerprint density at radius 1 is 0.526 bits per heavy atom. The average Bonchev–Trinajstić information content (AvgIpc) is 2.91. The summed E-state index contributed by atoms with van der Waals surface area (Å²) < 4.78 is 63.5. The van der Waals surface area contributed by atoms with Crippen molar-refractivity contribution < 1.29 is 36.5 Å². The van der Waals surface area contributed by atoms with Crippen LogP contribution in [0.5, 0.6) is 23.0 Å². The maximum absolute atomic E-state index is 13.0. The number of benzene rings is 4. The summed E-state index contributed by atoms with van der Waals surface area (Å²) in [7, 11) is -7.74. The minimum atomic E-state index is -3.87. The zero-order chi connectivity index (χ0) is 27.2. The summed E-state index contributed by atoms with van der Waals surface area (Å²) in [5.41, 5.74) is 0. The van der Waals surface area contributed by atoms with Gasteiger partial charge in [-0.25, -0.2) is 16.8 Å². The van der Waals surface area contributed by atoms with Crippen LogP contribution in [0, 0.1) is 0 Å². The van der Waals surface area contributed by atoms with Gasteiger partial charge in [0.05, 0.1) is 9.79 Å². The lowest BCUT2D eigenvalue weighted by Crippen LogP contribution is -2.06. The highest BCUT2D eigenvalue weighted by atomic mass is 32.2. The molecule has 0 saturated heterocycles. The van der Waals surface area contributed by atoms with E-state index in [9.17, 15) is 27.0 Å². The molecule has 0 aliphatic heterocycles. The molecule has 8 nitrogen and oxygen atoms in total.